The van der Waals surface area contributed by atoms with E-state index in [1.165, 1.54) is 0 Å². The number of urea groups is 1. The van der Waals surface area contributed by atoms with E-state index in [1.54, 1.807) is 12.0 Å². The van der Waals surface area contributed by atoms with Crippen molar-refractivity contribution >= 4 is 6.03 Å². The number of ether oxygens (including phenoxy) is 1. The first-order valence-corrected chi connectivity index (χ1v) is 6.58. The van der Waals surface area contributed by atoms with Gasteiger partial charge in [-0.2, -0.15) is 5.26 Å². The molecular formula is C13H23N3O2. The standard InChI is InChI=1S/C13H23N3O2/c1-12-4-8-16(9-5-12)13(17)15(7-3-6-14)10-11-18-2/h12H,3-5,7-11H2,1-2H3. The van der Waals surface area contributed by atoms with Gasteiger partial charge in [0, 0.05) is 33.3 Å². The van der Waals surface area contributed by atoms with Crippen LogP contribution in [0.15, 0.2) is 0 Å². The summed E-state index contributed by atoms with van der Waals surface area (Å²) in [6.07, 6.45) is 2.52. The van der Waals surface area contributed by atoms with E-state index in [-0.39, 0.29) is 6.03 Å². The van der Waals surface area contributed by atoms with Gasteiger partial charge >= 0.3 is 6.03 Å². The van der Waals surface area contributed by atoms with Gasteiger partial charge in [0.25, 0.3) is 0 Å². The molecule has 0 bridgehead atoms. The first kappa shape index (κ1) is 14.8. The van der Waals surface area contributed by atoms with Gasteiger partial charge in [0.2, 0.25) is 0 Å². The minimum absolute atomic E-state index is 0.0502. The van der Waals surface area contributed by atoms with Gasteiger partial charge in [-0.05, 0) is 18.8 Å². The topological polar surface area (TPSA) is 56.6 Å². The molecule has 0 saturated carbocycles. The lowest BCUT2D eigenvalue weighted by molar-refractivity contribution is 0.115. The number of hydrogen-bond acceptors (Lipinski definition) is 3. The monoisotopic (exact) mass is 253 g/mol. The number of carbonyl (C=O) groups is 1. The van der Waals surface area contributed by atoms with E-state index in [4.69, 9.17) is 10.00 Å². The summed E-state index contributed by atoms with van der Waals surface area (Å²) in [7, 11) is 1.62. The molecule has 0 unspecified atom stereocenters. The van der Waals surface area contributed by atoms with Gasteiger partial charge in [-0.15, -0.1) is 0 Å². The van der Waals surface area contributed by atoms with E-state index in [0.717, 1.165) is 25.9 Å². The quantitative estimate of drug-likeness (QED) is 0.749. The molecular weight excluding hydrogens is 230 g/mol. The molecule has 0 aliphatic carbocycles. The lowest BCUT2D eigenvalue weighted by Gasteiger charge is -2.34. The van der Waals surface area contributed by atoms with Crippen LogP contribution in [0.1, 0.15) is 26.2 Å². The third-order valence-corrected chi connectivity index (χ3v) is 3.38. The second-order valence-electron chi connectivity index (χ2n) is 4.84. The Morgan fingerprint density at radius 1 is 1.44 bits per heavy atom. The summed E-state index contributed by atoms with van der Waals surface area (Å²) in [6.45, 7) is 5.45. The highest BCUT2D eigenvalue weighted by Crippen LogP contribution is 2.17. The summed E-state index contributed by atoms with van der Waals surface area (Å²) in [5.41, 5.74) is 0. The number of nitrogens with zero attached hydrogens (tertiary/aromatic N) is 3. The van der Waals surface area contributed by atoms with Crippen LogP contribution >= 0.6 is 0 Å². The Hall–Kier alpha value is -1.28. The van der Waals surface area contributed by atoms with Gasteiger partial charge in [-0.25, -0.2) is 4.79 Å². The SMILES string of the molecule is COCCN(CCC#N)C(=O)N1CCC(C)CC1. The molecule has 1 aliphatic heterocycles. The zero-order chi connectivity index (χ0) is 13.4. The molecule has 18 heavy (non-hydrogen) atoms. The molecule has 2 amide bonds. The number of carbonyl (C=O) groups excluding carboxylic acids is 1. The molecule has 0 aromatic carbocycles. The van der Waals surface area contributed by atoms with Gasteiger partial charge in [-0.1, -0.05) is 6.92 Å². The van der Waals surface area contributed by atoms with E-state index in [1.807, 2.05) is 4.90 Å². The molecule has 1 heterocycles. The normalized spacial score (nSPS) is 16.4. The van der Waals surface area contributed by atoms with Gasteiger partial charge in [-0.3, -0.25) is 0 Å². The smallest absolute Gasteiger partial charge is 0.320 e. The number of hydrogen-bond donors (Lipinski definition) is 0. The first-order valence-electron chi connectivity index (χ1n) is 6.58. The second-order valence-corrected chi connectivity index (χ2v) is 4.84. The van der Waals surface area contributed by atoms with Crippen molar-refractivity contribution in [1.29, 1.82) is 5.26 Å². The van der Waals surface area contributed by atoms with E-state index in [0.29, 0.717) is 32.0 Å². The minimum Gasteiger partial charge on any atom is -0.383 e. The van der Waals surface area contributed by atoms with Crippen LogP contribution in [0.3, 0.4) is 0 Å². The molecule has 0 atom stereocenters. The number of rotatable bonds is 5. The third kappa shape index (κ3) is 4.53. The van der Waals surface area contributed by atoms with Crippen molar-refractivity contribution in [2.24, 2.45) is 5.92 Å². The zero-order valence-corrected chi connectivity index (χ0v) is 11.4. The molecule has 0 aromatic rings. The fraction of sp³-hybridized carbons (Fsp3) is 0.846. The van der Waals surface area contributed by atoms with Crippen molar-refractivity contribution in [3.63, 3.8) is 0 Å². The maximum Gasteiger partial charge on any atom is 0.320 e. The predicted molar refractivity (Wildman–Crippen MR) is 69.0 cm³/mol. The van der Waals surface area contributed by atoms with E-state index in [9.17, 15) is 4.79 Å². The third-order valence-electron chi connectivity index (χ3n) is 3.38. The van der Waals surface area contributed by atoms with Gasteiger partial charge in [0.15, 0.2) is 0 Å². The summed E-state index contributed by atoms with van der Waals surface area (Å²) in [5.74, 6) is 0.709. The molecule has 1 aliphatic rings. The van der Waals surface area contributed by atoms with Gasteiger partial charge < -0.3 is 14.5 Å². The van der Waals surface area contributed by atoms with Crippen molar-refractivity contribution in [2.75, 3.05) is 39.9 Å². The molecule has 5 nitrogen and oxygen atoms in total. The summed E-state index contributed by atoms with van der Waals surface area (Å²) in [6, 6.07) is 2.14. The molecule has 5 heteroatoms. The lowest BCUT2D eigenvalue weighted by atomic mass is 9.99. The number of amides is 2. The maximum atomic E-state index is 12.3. The van der Waals surface area contributed by atoms with Crippen molar-refractivity contribution in [1.82, 2.24) is 9.80 Å². The van der Waals surface area contributed by atoms with Crippen LogP contribution in [0.25, 0.3) is 0 Å². The first-order chi connectivity index (χ1) is 8.69. The second kappa shape index (κ2) is 7.93. The summed E-state index contributed by atoms with van der Waals surface area (Å²) >= 11 is 0. The van der Waals surface area contributed by atoms with Crippen LogP contribution < -0.4 is 0 Å². The van der Waals surface area contributed by atoms with Gasteiger partial charge in [0.05, 0.1) is 19.1 Å². The van der Waals surface area contributed by atoms with Gasteiger partial charge in [0.1, 0.15) is 0 Å². The fourth-order valence-electron chi connectivity index (χ4n) is 2.09. The predicted octanol–water partition coefficient (Wildman–Crippen LogP) is 1.70. The Kier molecular flexibility index (Phi) is 6.51. The summed E-state index contributed by atoms with van der Waals surface area (Å²) < 4.78 is 5.01. The Bertz CT molecular complexity index is 293. The van der Waals surface area contributed by atoms with Crippen LogP contribution in [-0.4, -0.2) is 55.7 Å². The number of nitriles is 1. The van der Waals surface area contributed by atoms with Crippen LogP contribution in [-0.2, 0) is 4.74 Å². The fourth-order valence-corrected chi connectivity index (χ4v) is 2.09. The maximum absolute atomic E-state index is 12.3. The number of piperidine rings is 1. The van der Waals surface area contributed by atoms with E-state index < -0.39 is 0 Å². The molecule has 1 saturated heterocycles. The Morgan fingerprint density at radius 3 is 2.67 bits per heavy atom. The molecule has 0 spiro atoms. The highest BCUT2D eigenvalue weighted by atomic mass is 16.5. The molecule has 0 aromatic heterocycles. The molecule has 0 radical (unpaired) electrons. The highest BCUT2D eigenvalue weighted by Gasteiger charge is 2.24. The highest BCUT2D eigenvalue weighted by molar-refractivity contribution is 5.74. The average Bonchev–Trinajstić information content (AvgIpc) is 2.39. The Balaban J connectivity index is 2.49. The summed E-state index contributed by atoms with van der Waals surface area (Å²) in [4.78, 5) is 15.9. The van der Waals surface area contributed by atoms with Crippen molar-refractivity contribution < 1.29 is 9.53 Å². The lowest BCUT2D eigenvalue weighted by Crippen LogP contribution is -2.47. The average molecular weight is 253 g/mol. The van der Waals surface area contributed by atoms with E-state index >= 15 is 0 Å². The minimum atomic E-state index is 0.0502. The molecule has 0 N–H and O–H groups in total. The van der Waals surface area contributed by atoms with Crippen LogP contribution in [0.5, 0.6) is 0 Å². The number of methoxy groups -OCH3 is 1. The molecule has 1 rings (SSSR count). The Morgan fingerprint density at radius 2 is 2.11 bits per heavy atom. The van der Waals surface area contributed by atoms with Crippen LogP contribution in [0.4, 0.5) is 4.79 Å². The Labute approximate surface area is 109 Å². The molecule has 102 valence electrons. The number of likely N-dealkylation sites (tertiary alicyclic amines) is 1. The van der Waals surface area contributed by atoms with Crippen molar-refractivity contribution in [2.45, 2.75) is 26.2 Å². The largest absolute Gasteiger partial charge is 0.383 e. The summed E-state index contributed by atoms with van der Waals surface area (Å²) in [5, 5.41) is 8.63. The van der Waals surface area contributed by atoms with Crippen LogP contribution in [0, 0.1) is 17.2 Å². The van der Waals surface area contributed by atoms with Crippen LogP contribution in [0.2, 0.25) is 0 Å². The zero-order valence-electron chi connectivity index (χ0n) is 11.4. The van der Waals surface area contributed by atoms with Crippen molar-refractivity contribution in [3.8, 4) is 6.07 Å². The van der Waals surface area contributed by atoms with E-state index in [2.05, 4.69) is 13.0 Å². The van der Waals surface area contributed by atoms with Crippen molar-refractivity contribution in [3.05, 3.63) is 0 Å². The molecule has 1 fully saturated rings.